The largest absolute Gasteiger partial charge is 0.335 e. The molecule has 1 amide bonds. The normalized spacial score (nSPS) is 10.9. The van der Waals surface area contributed by atoms with Crippen LogP contribution < -0.4 is 0 Å². The predicted molar refractivity (Wildman–Crippen MR) is 78.3 cm³/mol. The minimum absolute atomic E-state index is 0.188. The number of carbonyl (C=O) groups excluding carboxylic acids is 1. The molecule has 1 rings (SSSR count). The van der Waals surface area contributed by atoms with Gasteiger partial charge < -0.3 is 4.90 Å². The Morgan fingerprint density at radius 1 is 1.53 bits per heavy atom. The summed E-state index contributed by atoms with van der Waals surface area (Å²) in [4.78, 5) is 15.3. The Labute approximate surface area is 116 Å². The van der Waals surface area contributed by atoms with Crippen LogP contribution in [-0.2, 0) is 6.42 Å². The number of alkyl halides is 1. The third kappa shape index (κ3) is 3.81. The Kier molecular flexibility index (Phi) is 6.20. The van der Waals surface area contributed by atoms with Crippen LogP contribution in [0.1, 0.15) is 42.4 Å². The SMILES string of the molecule is CCc1ccsc1C(=O)N(CCCBr)C(C)C. The van der Waals surface area contributed by atoms with Crippen molar-refractivity contribution in [2.45, 2.75) is 39.7 Å². The Balaban J connectivity index is 2.84. The molecule has 0 N–H and O–H groups in total. The van der Waals surface area contributed by atoms with Gasteiger partial charge in [0.1, 0.15) is 0 Å². The van der Waals surface area contributed by atoms with Crippen LogP contribution in [0.5, 0.6) is 0 Å². The zero-order valence-corrected chi connectivity index (χ0v) is 13.1. The van der Waals surface area contributed by atoms with Crippen LogP contribution in [-0.4, -0.2) is 28.7 Å². The number of aryl methyl sites for hydroxylation is 1. The summed E-state index contributed by atoms with van der Waals surface area (Å²) in [5, 5.41) is 2.95. The second kappa shape index (κ2) is 7.17. The molecule has 0 atom stereocenters. The number of carbonyl (C=O) groups is 1. The maximum absolute atomic E-state index is 12.5. The van der Waals surface area contributed by atoms with Gasteiger partial charge in [-0.05, 0) is 43.7 Å². The molecule has 0 bridgehead atoms. The fraction of sp³-hybridized carbons (Fsp3) is 0.615. The molecule has 17 heavy (non-hydrogen) atoms. The smallest absolute Gasteiger partial charge is 0.264 e. The molecule has 0 aromatic carbocycles. The van der Waals surface area contributed by atoms with Crippen molar-refractivity contribution >= 4 is 33.2 Å². The van der Waals surface area contributed by atoms with Gasteiger partial charge in [0.15, 0.2) is 0 Å². The van der Waals surface area contributed by atoms with Crippen molar-refractivity contribution in [3.05, 3.63) is 21.9 Å². The molecule has 0 unspecified atom stereocenters. The van der Waals surface area contributed by atoms with Crippen molar-refractivity contribution in [1.82, 2.24) is 4.90 Å². The molecule has 2 nitrogen and oxygen atoms in total. The Bertz CT molecular complexity index is 362. The first-order valence-electron chi connectivity index (χ1n) is 6.05. The van der Waals surface area contributed by atoms with E-state index in [4.69, 9.17) is 0 Å². The fourth-order valence-corrected chi connectivity index (χ4v) is 2.96. The lowest BCUT2D eigenvalue weighted by Crippen LogP contribution is -2.37. The molecule has 1 aromatic rings. The third-order valence-electron chi connectivity index (χ3n) is 2.74. The molecular formula is C13H20BrNOS. The predicted octanol–water partition coefficient (Wildman–Crippen LogP) is 3.95. The first-order valence-corrected chi connectivity index (χ1v) is 8.05. The minimum Gasteiger partial charge on any atom is -0.335 e. The standard InChI is InChI=1S/C13H20BrNOS/c1-4-11-6-9-17-12(11)13(16)15(10(2)3)8-5-7-14/h6,9-10H,4-5,7-8H2,1-3H3. The van der Waals surface area contributed by atoms with E-state index in [1.807, 2.05) is 10.3 Å². The molecule has 0 radical (unpaired) electrons. The van der Waals surface area contributed by atoms with Crippen LogP contribution in [0.2, 0.25) is 0 Å². The van der Waals surface area contributed by atoms with Gasteiger partial charge in [-0.25, -0.2) is 0 Å². The molecule has 0 aliphatic rings. The van der Waals surface area contributed by atoms with Gasteiger partial charge in [0.05, 0.1) is 4.88 Å². The number of nitrogens with zero attached hydrogens (tertiary/aromatic N) is 1. The van der Waals surface area contributed by atoms with Crippen LogP contribution in [0.15, 0.2) is 11.4 Å². The highest BCUT2D eigenvalue weighted by atomic mass is 79.9. The summed E-state index contributed by atoms with van der Waals surface area (Å²) in [6, 6.07) is 2.31. The average molecular weight is 318 g/mol. The van der Waals surface area contributed by atoms with Gasteiger partial charge in [-0.15, -0.1) is 11.3 Å². The molecule has 96 valence electrons. The summed E-state index contributed by atoms with van der Waals surface area (Å²) in [7, 11) is 0. The van der Waals surface area contributed by atoms with Crippen molar-refractivity contribution in [1.29, 1.82) is 0 Å². The number of thiophene rings is 1. The van der Waals surface area contributed by atoms with E-state index in [0.29, 0.717) is 0 Å². The highest BCUT2D eigenvalue weighted by Gasteiger charge is 2.21. The lowest BCUT2D eigenvalue weighted by Gasteiger charge is -2.26. The molecule has 0 spiro atoms. The van der Waals surface area contributed by atoms with Gasteiger partial charge >= 0.3 is 0 Å². The second-order valence-electron chi connectivity index (χ2n) is 4.26. The van der Waals surface area contributed by atoms with Gasteiger partial charge in [0.25, 0.3) is 5.91 Å². The maximum Gasteiger partial charge on any atom is 0.264 e. The van der Waals surface area contributed by atoms with Crippen LogP contribution in [0.25, 0.3) is 0 Å². The van der Waals surface area contributed by atoms with E-state index in [-0.39, 0.29) is 11.9 Å². The number of amides is 1. The molecule has 0 aliphatic carbocycles. The quantitative estimate of drug-likeness (QED) is 0.727. The monoisotopic (exact) mass is 317 g/mol. The molecule has 4 heteroatoms. The van der Waals surface area contributed by atoms with Crippen LogP contribution in [0, 0.1) is 0 Å². The summed E-state index contributed by atoms with van der Waals surface area (Å²) in [6.45, 7) is 7.07. The number of hydrogen-bond donors (Lipinski definition) is 0. The molecule has 1 heterocycles. The van der Waals surface area contributed by atoms with Crippen molar-refractivity contribution in [3.8, 4) is 0 Å². The summed E-state index contributed by atoms with van der Waals surface area (Å²) in [5.74, 6) is 0.188. The van der Waals surface area contributed by atoms with Crippen molar-refractivity contribution in [2.75, 3.05) is 11.9 Å². The first-order chi connectivity index (χ1) is 8.11. The van der Waals surface area contributed by atoms with Gasteiger partial charge in [-0.2, -0.15) is 0 Å². The van der Waals surface area contributed by atoms with Crippen LogP contribution in [0.4, 0.5) is 0 Å². The topological polar surface area (TPSA) is 20.3 Å². The summed E-state index contributed by atoms with van der Waals surface area (Å²) in [6.07, 6.45) is 1.92. The third-order valence-corrected chi connectivity index (χ3v) is 4.24. The summed E-state index contributed by atoms with van der Waals surface area (Å²) < 4.78 is 0. The number of hydrogen-bond acceptors (Lipinski definition) is 2. The number of rotatable bonds is 6. The van der Waals surface area contributed by atoms with E-state index in [1.54, 1.807) is 11.3 Å². The van der Waals surface area contributed by atoms with Crippen LogP contribution in [0.3, 0.4) is 0 Å². The summed E-state index contributed by atoms with van der Waals surface area (Å²) >= 11 is 4.98. The first kappa shape index (κ1) is 14.7. The van der Waals surface area contributed by atoms with Gasteiger partial charge in [-0.1, -0.05) is 22.9 Å². The average Bonchev–Trinajstić information content (AvgIpc) is 2.76. The van der Waals surface area contributed by atoms with Gasteiger partial charge in [0.2, 0.25) is 0 Å². The zero-order chi connectivity index (χ0) is 12.8. The second-order valence-corrected chi connectivity index (χ2v) is 5.97. The van der Waals surface area contributed by atoms with Gasteiger partial charge in [-0.3, -0.25) is 4.79 Å². The van der Waals surface area contributed by atoms with Gasteiger partial charge in [0, 0.05) is 17.9 Å². The van der Waals surface area contributed by atoms with E-state index in [1.165, 1.54) is 5.56 Å². The van der Waals surface area contributed by atoms with Crippen molar-refractivity contribution in [3.63, 3.8) is 0 Å². The van der Waals surface area contributed by atoms with E-state index in [0.717, 1.165) is 29.6 Å². The Hall–Kier alpha value is -0.350. The highest BCUT2D eigenvalue weighted by molar-refractivity contribution is 9.09. The minimum atomic E-state index is 0.188. The molecular weight excluding hydrogens is 298 g/mol. The maximum atomic E-state index is 12.5. The molecule has 0 saturated carbocycles. The van der Waals surface area contributed by atoms with E-state index >= 15 is 0 Å². The molecule has 0 aliphatic heterocycles. The number of halogens is 1. The van der Waals surface area contributed by atoms with E-state index < -0.39 is 0 Å². The Morgan fingerprint density at radius 3 is 2.76 bits per heavy atom. The molecule has 0 saturated heterocycles. The fourth-order valence-electron chi connectivity index (χ4n) is 1.76. The summed E-state index contributed by atoms with van der Waals surface area (Å²) in [5.41, 5.74) is 1.17. The highest BCUT2D eigenvalue weighted by Crippen LogP contribution is 2.20. The van der Waals surface area contributed by atoms with Crippen LogP contribution >= 0.6 is 27.3 Å². The Morgan fingerprint density at radius 2 is 2.24 bits per heavy atom. The van der Waals surface area contributed by atoms with Crippen molar-refractivity contribution in [2.24, 2.45) is 0 Å². The zero-order valence-electron chi connectivity index (χ0n) is 10.7. The van der Waals surface area contributed by atoms with E-state index in [9.17, 15) is 4.79 Å². The molecule has 0 fully saturated rings. The lowest BCUT2D eigenvalue weighted by atomic mass is 10.1. The van der Waals surface area contributed by atoms with E-state index in [2.05, 4.69) is 42.8 Å². The molecule has 1 aromatic heterocycles. The lowest BCUT2D eigenvalue weighted by molar-refractivity contribution is 0.0711. The van der Waals surface area contributed by atoms with Crippen molar-refractivity contribution < 1.29 is 4.79 Å².